The molecule has 1 aromatic carbocycles. The molecule has 1 fully saturated rings. The predicted octanol–water partition coefficient (Wildman–Crippen LogP) is 5.22. The molecule has 2 heterocycles. The summed E-state index contributed by atoms with van der Waals surface area (Å²) in [6, 6.07) is 9.82. The normalized spacial score (nSPS) is 22.7. The van der Waals surface area contributed by atoms with Gasteiger partial charge < -0.3 is 0 Å². The number of fused-ring (bicyclic) bond motifs is 3. The molecule has 1 nitrogen and oxygen atoms in total. The molecule has 0 atom stereocenters. The van der Waals surface area contributed by atoms with Crippen molar-refractivity contribution in [2.24, 2.45) is 5.92 Å². The second-order valence-electron chi connectivity index (χ2n) is 7.21. The Bertz CT molecular complexity index is 714. The van der Waals surface area contributed by atoms with Gasteiger partial charge in [0.05, 0.1) is 5.56 Å². The summed E-state index contributed by atoms with van der Waals surface area (Å²) in [5.74, 6) is 1.46. The Balaban J connectivity index is 1.65. The van der Waals surface area contributed by atoms with Gasteiger partial charge in [0, 0.05) is 17.7 Å². The average molecular weight is 310 g/mol. The topological polar surface area (TPSA) is 3.88 Å². The summed E-state index contributed by atoms with van der Waals surface area (Å²) in [5, 5.41) is 0. The molecule has 1 aromatic heterocycles. The Morgan fingerprint density at radius 2 is 1.91 bits per heavy atom. The molecule has 2 heteroatoms. The summed E-state index contributed by atoms with van der Waals surface area (Å²) in [5.41, 5.74) is 4.51. The molecule has 2 aromatic rings. The van der Waals surface area contributed by atoms with Crippen LogP contribution in [0.3, 0.4) is 0 Å². The van der Waals surface area contributed by atoms with Crippen LogP contribution in [0.25, 0.3) is 11.3 Å². The van der Waals surface area contributed by atoms with Crippen LogP contribution >= 0.6 is 0 Å². The first kappa shape index (κ1) is 14.9. The molecule has 0 radical (unpaired) electrons. The molecule has 0 N–H and O–H groups in total. The maximum absolute atomic E-state index is 14.5. The van der Waals surface area contributed by atoms with Gasteiger partial charge in [-0.3, -0.25) is 0 Å². The van der Waals surface area contributed by atoms with Gasteiger partial charge in [-0.25, -0.2) is 4.39 Å². The largest absolute Gasteiger partial charge is 0.216 e. The third kappa shape index (κ3) is 2.58. The third-order valence-electron chi connectivity index (χ3n) is 5.81. The number of rotatable bonds is 3. The lowest BCUT2D eigenvalue weighted by Gasteiger charge is -2.29. The average Bonchev–Trinajstić information content (AvgIpc) is 2.97. The van der Waals surface area contributed by atoms with Crippen LogP contribution < -0.4 is 4.57 Å². The molecule has 1 saturated carbocycles. The highest BCUT2D eigenvalue weighted by atomic mass is 19.1. The number of nitrogens with zero attached hydrogens (tertiary/aromatic N) is 1. The molecule has 4 rings (SSSR count). The van der Waals surface area contributed by atoms with Crippen LogP contribution in [0.2, 0.25) is 0 Å². The van der Waals surface area contributed by atoms with E-state index in [2.05, 4.69) is 23.8 Å². The highest BCUT2D eigenvalue weighted by molar-refractivity contribution is 5.66. The monoisotopic (exact) mass is 310 g/mol. The molecule has 1 aliphatic heterocycles. The zero-order valence-corrected chi connectivity index (χ0v) is 13.9. The van der Waals surface area contributed by atoms with Gasteiger partial charge in [-0.15, -0.1) is 0 Å². The third-order valence-corrected chi connectivity index (χ3v) is 5.81. The minimum atomic E-state index is -0.0686. The highest BCUT2D eigenvalue weighted by Crippen LogP contribution is 2.42. The number of pyridine rings is 1. The predicted molar refractivity (Wildman–Crippen MR) is 90.7 cm³/mol. The summed E-state index contributed by atoms with van der Waals surface area (Å²) in [6.45, 7) is 3.11. The van der Waals surface area contributed by atoms with Crippen molar-refractivity contribution in [3.8, 4) is 11.3 Å². The van der Waals surface area contributed by atoms with Gasteiger partial charge in [0.2, 0.25) is 5.69 Å². The Kier molecular flexibility index (Phi) is 3.92. The fourth-order valence-electron chi connectivity index (χ4n) is 4.65. The number of halogens is 1. The minimum absolute atomic E-state index is 0.0686. The molecule has 0 unspecified atom stereocenters. The van der Waals surface area contributed by atoms with Crippen molar-refractivity contribution in [1.29, 1.82) is 0 Å². The highest BCUT2D eigenvalue weighted by Gasteiger charge is 2.33. The Morgan fingerprint density at radius 3 is 2.70 bits per heavy atom. The van der Waals surface area contributed by atoms with Crippen LogP contribution in [-0.4, -0.2) is 0 Å². The van der Waals surface area contributed by atoms with Crippen molar-refractivity contribution in [3.05, 3.63) is 53.5 Å². The molecule has 0 amide bonds. The van der Waals surface area contributed by atoms with Crippen LogP contribution in [0.4, 0.5) is 4.39 Å². The Labute approximate surface area is 138 Å². The number of hydrogen-bond acceptors (Lipinski definition) is 0. The fraction of sp³-hybridized carbons (Fsp3) is 0.476. The van der Waals surface area contributed by atoms with Crippen LogP contribution in [-0.2, 0) is 6.54 Å². The maximum atomic E-state index is 14.5. The van der Waals surface area contributed by atoms with E-state index in [-0.39, 0.29) is 5.82 Å². The lowest BCUT2D eigenvalue weighted by atomic mass is 9.76. The summed E-state index contributed by atoms with van der Waals surface area (Å²) < 4.78 is 16.6. The Hall–Kier alpha value is -1.70. The number of aromatic nitrogens is 1. The summed E-state index contributed by atoms with van der Waals surface area (Å²) in [7, 11) is 0. The smallest absolute Gasteiger partial charge is 0.206 e. The second-order valence-corrected chi connectivity index (χ2v) is 7.21. The van der Waals surface area contributed by atoms with Gasteiger partial charge in [0.15, 0.2) is 12.7 Å². The van der Waals surface area contributed by atoms with Gasteiger partial charge in [0.1, 0.15) is 5.82 Å². The molecule has 0 bridgehead atoms. The zero-order valence-electron chi connectivity index (χ0n) is 13.9. The van der Waals surface area contributed by atoms with E-state index in [0.717, 1.165) is 23.7 Å². The van der Waals surface area contributed by atoms with Crippen LogP contribution in [0.15, 0.2) is 36.5 Å². The molecule has 0 saturated heterocycles. The zero-order chi connectivity index (χ0) is 15.8. The first-order chi connectivity index (χ1) is 11.3. The minimum Gasteiger partial charge on any atom is -0.206 e. The first-order valence-corrected chi connectivity index (χ1v) is 9.08. The summed E-state index contributed by atoms with van der Waals surface area (Å²) in [6.07, 6.45) is 9.95. The van der Waals surface area contributed by atoms with Gasteiger partial charge in [-0.05, 0) is 55.2 Å². The van der Waals surface area contributed by atoms with Gasteiger partial charge in [-0.2, -0.15) is 4.57 Å². The SMILES string of the molecule is CCCC1CCC(c2ccc(F)c3c2C[n+]2ccccc2-3)CC1. The van der Waals surface area contributed by atoms with Crippen LogP contribution in [0, 0.1) is 11.7 Å². The quantitative estimate of drug-likeness (QED) is 0.584. The van der Waals surface area contributed by atoms with Crippen molar-refractivity contribution in [2.75, 3.05) is 0 Å². The van der Waals surface area contributed by atoms with Crippen molar-refractivity contribution >= 4 is 0 Å². The van der Waals surface area contributed by atoms with Crippen molar-refractivity contribution in [1.82, 2.24) is 0 Å². The van der Waals surface area contributed by atoms with Gasteiger partial charge >= 0.3 is 0 Å². The number of hydrogen-bond donors (Lipinski definition) is 0. The van der Waals surface area contributed by atoms with Crippen molar-refractivity contribution in [2.45, 2.75) is 57.9 Å². The lowest BCUT2D eigenvalue weighted by molar-refractivity contribution is -0.672. The summed E-state index contributed by atoms with van der Waals surface area (Å²) >= 11 is 0. The maximum Gasteiger partial charge on any atom is 0.216 e. The molecule has 2 aliphatic rings. The lowest BCUT2D eigenvalue weighted by Crippen LogP contribution is -2.31. The van der Waals surface area contributed by atoms with E-state index in [0.29, 0.717) is 5.92 Å². The van der Waals surface area contributed by atoms with E-state index in [4.69, 9.17) is 0 Å². The van der Waals surface area contributed by atoms with E-state index in [1.54, 1.807) is 6.07 Å². The molecule has 0 spiro atoms. The standard InChI is InChI=1S/C21H25FN/c1-2-5-15-7-9-16(10-8-15)17-11-12-19(22)21-18(17)14-23-13-4-3-6-20(21)23/h3-4,6,11-13,15-16H,2,5,7-10,14H2,1H3/q+1. The van der Waals surface area contributed by atoms with Gasteiger partial charge in [-0.1, -0.05) is 25.8 Å². The molecule has 120 valence electrons. The molecule has 23 heavy (non-hydrogen) atoms. The second kappa shape index (κ2) is 6.07. The van der Waals surface area contributed by atoms with E-state index in [1.165, 1.54) is 49.7 Å². The first-order valence-electron chi connectivity index (χ1n) is 9.08. The fourth-order valence-corrected chi connectivity index (χ4v) is 4.65. The molecular weight excluding hydrogens is 285 g/mol. The number of benzene rings is 1. The van der Waals surface area contributed by atoms with Crippen LogP contribution in [0.5, 0.6) is 0 Å². The van der Waals surface area contributed by atoms with Crippen molar-refractivity contribution < 1.29 is 8.96 Å². The van der Waals surface area contributed by atoms with Crippen molar-refractivity contribution in [3.63, 3.8) is 0 Å². The molecular formula is C21H25FN+. The molecule has 1 aliphatic carbocycles. The summed E-state index contributed by atoms with van der Waals surface area (Å²) in [4.78, 5) is 0. The van der Waals surface area contributed by atoms with E-state index >= 15 is 0 Å². The van der Waals surface area contributed by atoms with Gasteiger partial charge in [0.25, 0.3) is 0 Å². The Morgan fingerprint density at radius 1 is 1.09 bits per heavy atom. The van der Waals surface area contributed by atoms with E-state index < -0.39 is 0 Å². The van der Waals surface area contributed by atoms with E-state index in [1.807, 2.05) is 18.2 Å². The van der Waals surface area contributed by atoms with E-state index in [9.17, 15) is 4.39 Å². The van der Waals surface area contributed by atoms with Crippen LogP contribution in [0.1, 0.15) is 62.5 Å².